The van der Waals surface area contributed by atoms with Crippen molar-refractivity contribution in [3.8, 4) is 0 Å². The van der Waals surface area contributed by atoms with Crippen LogP contribution in [-0.4, -0.2) is 15.0 Å². The fourth-order valence-corrected chi connectivity index (χ4v) is 2.32. The summed E-state index contributed by atoms with van der Waals surface area (Å²) in [6.45, 7) is 2.31. The Morgan fingerprint density at radius 3 is 2.53 bits per heavy atom. The number of hydrogen-bond acceptors (Lipinski definition) is 2. The smallest absolute Gasteiger partial charge is 0.0697 e. The van der Waals surface area contributed by atoms with Gasteiger partial charge in [-0.05, 0) is 37.2 Å². The molecule has 1 heterocycles. The minimum atomic E-state index is 0.656. The SMILES string of the molecule is CC1CC(n2nccn2)=CC=C1C1CC1. The Bertz CT molecular complexity index is 410. The van der Waals surface area contributed by atoms with Gasteiger partial charge >= 0.3 is 0 Å². The van der Waals surface area contributed by atoms with Crippen molar-refractivity contribution in [2.45, 2.75) is 26.2 Å². The van der Waals surface area contributed by atoms with Gasteiger partial charge < -0.3 is 0 Å². The van der Waals surface area contributed by atoms with E-state index in [9.17, 15) is 0 Å². The fraction of sp³-hybridized carbons (Fsp3) is 0.500. The lowest BCUT2D eigenvalue weighted by Gasteiger charge is -2.20. The summed E-state index contributed by atoms with van der Waals surface area (Å²) >= 11 is 0. The Morgan fingerprint density at radius 2 is 1.93 bits per heavy atom. The van der Waals surface area contributed by atoms with Gasteiger partial charge in [-0.2, -0.15) is 15.0 Å². The number of hydrogen-bond donors (Lipinski definition) is 0. The van der Waals surface area contributed by atoms with E-state index in [2.05, 4.69) is 29.3 Å². The van der Waals surface area contributed by atoms with E-state index in [1.165, 1.54) is 18.5 Å². The molecule has 0 aliphatic heterocycles. The van der Waals surface area contributed by atoms with Crippen LogP contribution in [0.1, 0.15) is 26.2 Å². The number of rotatable bonds is 2. The van der Waals surface area contributed by atoms with Crippen molar-refractivity contribution in [1.29, 1.82) is 0 Å². The van der Waals surface area contributed by atoms with E-state index in [4.69, 9.17) is 0 Å². The van der Waals surface area contributed by atoms with Crippen LogP contribution in [0.2, 0.25) is 0 Å². The summed E-state index contributed by atoms with van der Waals surface area (Å²) in [7, 11) is 0. The third kappa shape index (κ3) is 1.62. The minimum Gasteiger partial charge on any atom is -0.157 e. The number of nitrogens with zero attached hydrogens (tertiary/aromatic N) is 3. The molecule has 2 aliphatic carbocycles. The fourth-order valence-electron chi connectivity index (χ4n) is 2.32. The van der Waals surface area contributed by atoms with Crippen molar-refractivity contribution in [3.63, 3.8) is 0 Å². The predicted octanol–water partition coefficient (Wildman–Crippen LogP) is 2.50. The lowest BCUT2D eigenvalue weighted by molar-refractivity contribution is 0.609. The average molecular weight is 201 g/mol. The zero-order valence-corrected chi connectivity index (χ0v) is 8.93. The zero-order valence-electron chi connectivity index (χ0n) is 8.93. The van der Waals surface area contributed by atoms with Gasteiger partial charge in [-0.3, -0.25) is 0 Å². The Kier molecular flexibility index (Phi) is 1.97. The second-order valence-corrected chi connectivity index (χ2v) is 4.52. The lowest BCUT2D eigenvalue weighted by atomic mass is 9.88. The Labute approximate surface area is 89.5 Å². The van der Waals surface area contributed by atoms with Crippen LogP contribution >= 0.6 is 0 Å². The van der Waals surface area contributed by atoms with E-state index < -0.39 is 0 Å². The van der Waals surface area contributed by atoms with Crippen molar-refractivity contribution >= 4 is 5.70 Å². The summed E-state index contributed by atoms with van der Waals surface area (Å²) in [5.41, 5.74) is 2.84. The largest absolute Gasteiger partial charge is 0.157 e. The maximum Gasteiger partial charge on any atom is 0.0697 e. The molecular formula is C12H15N3. The van der Waals surface area contributed by atoms with Gasteiger partial charge in [-0.15, -0.1) is 0 Å². The average Bonchev–Trinajstić information content (AvgIpc) is 2.93. The van der Waals surface area contributed by atoms with Gasteiger partial charge in [0.15, 0.2) is 0 Å². The highest BCUT2D eigenvalue weighted by Gasteiger charge is 2.30. The highest BCUT2D eigenvalue weighted by atomic mass is 15.5. The normalized spacial score (nSPS) is 26.1. The van der Waals surface area contributed by atoms with Gasteiger partial charge in [-0.25, -0.2) is 0 Å². The molecule has 3 nitrogen and oxygen atoms in total. The highest BCUT2D eigenvalue weighted by molar-refractivity contribution is 5.51. The van der Waals surface area contributed by atoms with E-state index in [-0.39, 0.29) is 0 Å². The summed E-state index contributed by atoms with van der Waals surface area (Å²) in [4.78, 5) is 1.73. The van der Waals surface area contributed by atoms with Gasteiger partial charge in [0.1, 0.15) is 0 Å². The van der Waals surface area contributed by atoms with E-state index in [1.54, 1.807) is 22.8 Å². The molecule has 0 radical (unpaired) electrons. The summed E-state index contributed by atoms with van der Waals surface area (Å²) in [5, 5.41) is 8.34. The first kappa shape index (κ1) is 8.89. The molecule has 1 saturated carbocycles. The lowest BCUT2D eigenvalue weighted by Crippen LogP contribution is -2.11. The molecule has 0 bridgehead atoms. The van der Waals surface area contributed by atoms with Gasteiger partial charge in [-0.1, -0.05) is 18.6 Å². The molecule has 0 amide bonds. The van der Waals surface area contributed by atoms with Gasteiger partial charge in [0, 0.05) is 0 Å². The van der Waals surface area contributed by atoms with Gasteiger partial charge in [0.2, 0.25) is 0 Å². The molecule has 1 atom stereocenters. The van der Waals surface area contributed by atoms with E-state index in [0.29, 0.717) is 5.92 Å². The molecular weight excluding hydrogens is 186 g/mol. The summed E-state index contributed by atoms with van der Waals surface area (Å²) < 4.78 is 0. The molecule has 0 N–H and O–H groups in total. The minimum absolute atomic E-state index is 0.656. The van der Waals surface area contributed by atoms with E-state index in [1.807, 2.05) is 0 Å². The van der Waals surface area contributed by atoms with E-state index in [0.717, 1.165) is 12.3 Å². The van der Waals surface area contributed by atoms with Gasteiger partial charge in [0.05, 0.1) is 18.1 Å². The molecule has 3 heteroatoms. The molecule has 1 aromatic heterocycles. The highest BCUT2D eigenvalue weighted by Crippen LogP contribution is 2.43. The second-order valence-electron chi connectivity index (χ2n) is 4.52. The summed E-state index contributed by atoms with van der Waals surface area (Å²) in [6, 6.07) is 0. The number of aromatic nitrogens is 3. The molecule has 3 rings (SSSR count). The maximum atomic E-state index is 4.17. The molecule has 0 saturated heterocycles. The first-order valence-corrected chi connectivity index (χ1v) is 5.62. The second kappa shape index (κ2) is 3.33. The zero-order chi connectivity index (χ0) is 10.3. The molecule has 1 unspecified atom stereocenters. The standard InChI is InChI=1S/C12H15N3/c1-9-8-11(15-13-6-7-14-15)4-5-12(9)10-2-3-10/h4-7,9-10H,2-3,8H2,1H3. The summed E-state index contributed by atoms with van der Waals surface area (Å²) in [5.74, 6) is 1.53. The van der Waals surface area contributed by atoms with E-state index >= 15 is 0 Å². The molecule has 1 aromatic rings. The molecule has 2 aliphatic rings. The molecule has 78 valence electrons. The van der Waals surface area contributed by atoms with Crippen LogP contribution in [-0.2, 0) is 0 Å². The Hall–Kier alpha value is -1.38. The molecule has 1 fully saturated rings. The molecule has 15 heavy (non-hydrogen) atoms. The third-order valence-electron chi connectivity index (χ3n) is 3.28. The Morgan fingerprint density at radius 1 is 1.20 bits per heavy atom. The van der Waals surface area contributed by atoms with Crippen molar-refractivity contribution in [1.82, 2.24) is 15.0 Å². The quantitative estimate of drug-likeness (QED) is 0.736. The maximum absolute atomic E-state index is 4.17. The van der Waals surface area contributed by atoms with Crippen molar-refractivity contribution < 1.29 is 0 Å². The van der Waals surface area contributed by atoms with Crippen molar-refractivity contribution in [2.24, 2.45) is 11.8 Å². The van der Waals surface area contributed by atoms with Crippen LogP contribution < -0.4 is 0 Å². The first-order valence-electron chi connectivity index (χ1n) is 5.62. The van der Waals surface area contributed by atoms with Crippen LogP contribution in [0.25, 0.3) is 5.70 Å². The van der Waals surface area contributed by atoms with Gasteiger partial charge in [0.25, 0.3) is 0 Å². The predicted molar refractivity (Wildman–Crippen MR) is 58.9 cm³/mol. The first-order chi connectivity index (χ1) is 7.34. The molecule has 0 aromatic carbocycles. The van der Waals surface area contributed by atoms with Crippen LogP contribution in [0.15, 0.2) is 30.1 Å². The van der Waals surface area contributed by atoms with Crippen LogP contribution in [0.5, 0.6) is 0 Å². The van der Waals surface area contributed by atoms with Crippen LogP contribution in [0.4, 0.5) is 0 Å². The third-order valence-corrected chi connectivity index (χ3v) is 3.28. The number of allylic oxidation sites excluding steroid dienone is 4. The monoisotopic (exact) mass is 201 g/mol. The Balaban J connectivity index is 1.88. The van der Waals surface area contributed by atoms with Crippen LogP contribution in [0, 0.1) is 11.8 Å². The van der Waals surface area contributed by atoms with Crippen LogP contribution in [0.3, 0.4) is 0 Å². The topological polar surface area (TPSA) is 30.7 Å². The van der Waals surface area contributed by atoms with Crippen molar-refractivity contribution in [2.75, 3.05) is 0 Å². The molecule has 0 spiro atoms. The van der Waals surface area contributed by atoms with Crippen molar-refractivity contribution in [3.05, 3.63) is 30.1 Å². The summed E-state index contributed by atoms with van der Waals surface area (Å²) in [6.07, 6.45) is 11.8.